The number of nitrogens with one attached hydrogen (secondary N) is 2. The minimum atomic E-state index is -0.545. The fraction of sp³-hybridized carbons (Fsp3) is 0.143. The van der Waals surface area contributed by atoms with E-state index in [1.54, 1.807) is 12.3 Å². The lowest BCUT2D eigenvalue weighted by Gasteiger charge is -2.11. The number of nitrogens with zero attached hydrogens (tertiary/aromatic N) is 1. The zero-order valence-electron chi connectivity index (χ0n) is 10.8. The van der Waals surface area contributed by atoms with Gasteiger partial charge in [0.25, 0.3) is 5.91 Å². The number of carbonyl (C=O) groups is 1. The molecular formula is C14H13ClFN3O. The van der Waals surface area contributed by atoms with E-state index >= 15 is 0 Å². The predicted molar refractivity (Wildman–Crippen MR) is 77.8 cm³/mol. The molecule has 1 aromatic carbocycles. The quantitative estimate of drug-likeness (QED) is 0.906. The highest BCUT2D eigenvalue weighted by atomic mass is 35.5. The zero-order chi connectivity index (χ0) is 14.5. The van der Waals surface area contributed by atoms with E-state index in [2.05, 4.69) is 15.6 Å². The van der Waals surface area contributed by atoms with E-state index in [0.29, 0.717) is 22.8 Å². The Morgan fingerprint density at radius 3 is 2.90 bits per heavy atom. The smallest absolute Gasteiger partial charge is 0.259 e. The average molecular weight is 294 g/mol. The maximum absolute atomic E-state index is 13.6. The van der Waals surface area contributed by atoms with E-state index < -0.39 is 11.7 Å². The third-order valence-corrected chi connectivity index (χ3v) is 2.84. The van der Waals surface area contributed by atoms with Crippen LogP contribution in [0.2, 0.25) is 5.02 Å². The van der Waals surface area contributed by atoms with Crippen LogP contribution in [0.15, 0.2) is 36.7 Å². The summed E-state index contributed by atoms with van der Waals surface area (Å²) in [6.07, 6.45) is 3.00. The molecule has 0 fully saturated rings. The molecule has 0 saturated carbocycles. The number of aromatic nitrogens is 1. The standard InChI is InChI=1S/C14H13ClFN3O/c1-2-18-12-5-6-17-8-10(12)14(20)19-13-7-9(15)3-4-11(13)16/h3-8H,2H2,1H3,(H,17,18)(H,19,20). The summed E-state index contributed by atoms with van der Waals surface area (Å²) in [6, 6.07) is 5.66. The van der Waals surface area contributed by atoms with Crippen LogP contribution in [0.5, 0.6) is 0 Å². The molecule has 1 heterocycles. The first kappa shape index (κ1) is 14.3. The first-order chi connectivity index (χ1) is 9.61. The average Bonchev–Trinajstić information content (AvgIpc) is 2.44. The Bertz CT molecular complexity index is 634. The van der Waals surface area contributed by atoms with Gasteiger partial charge in [0.2, 0.25) is 0 Å². The maximum Gasteiger partial charge on any atom is 0.259 e. The molecule has 0 spiro atoms. The molecule has 0 bridgehead atoms. The summed E-state index contributed by atoms with van der Waals surface area (Å²) in [4.78, 5) is 16.1. The van der Waals surface area contributed by atoms with Crippen LogP contribution in [0.3, 0.4) is 0 Å². The summed E-state index contributed by atoms with van der Waals surface area (Å²) in [6.45, 7) is 2.58. The second-order valence-electron chi connectivity index (χ2n) is 4.03. The highest BCUT2D eigenvalue weighted by Gasteiger charge is 2.13. The molecule has 0 atom stereocenters. The number of rotatable bonds is 4. The summed E-state index contributed by atoms with van der Waals surface area (Å²) < 4.78 is 13.6. The van der Waals surface area contributed by atoms with Crippen molar-refractivity contribution < 1.29 is 9.18 Å². The van der Waals surface area contributed by atoms with Crippen LogP contribution in [0.25, 0.3) is 0 Å². The predicted octanol–water partition coefficient (Wildman–Crippen LogP) is 3.56. The van der Waals surface area contributed by atoms with Crippen molar-refractivity contribution in [3.8, 4) is 0 Å². The molecule has 2 N–H and O–H groups in total. The molecule has 1 aromatic heterocycles. The first-order valence-corrected chi connectivity index (χ1v) is 6.44. The topological polar surface area (TPSA) is 54.0 Å². The lowest BCUT2D eigenvalue weighted by atomic mass is 10.2. The molecule has 4 nitrogen and oxygen atoms in total. The van der Waals surface area contributed by atoms with Crippen molar-refractivity contribution in [1.82, 2.24) is 4.98 Å². The molecule has 0 radical (unpaired) electrons. The van der Waals surface area contributed by atoms with Crippen LogP contribution in [0.4, 0.5) is 15.8 Å². The Morgan fingerprint density at radius 2 is 2.15 bits per heavy atom. The van der Waals surface area contributed by atoms with E-state index in [0.717, 1.165) is 0 Å². The molecule has 0 saturated heterocycles. The van der Waals surface area contributed by atoms with E-state index in [4.69, 9.17) is 11.6 Å². The molecule has 104 valence electrons. The third kappa shape index (κ3) is 3.24. The highest BCUT2D eigenvalue weighted by molar-refractivity contribution is 6.31. The summed E-state index contributed by atoms with van der Waals surface area (Å²) in [5.74, 6) is -0.994. The van der Waals surface area contributed by atoms with E-state index in [-0.39, 0.29) is 5.69 Å². The van der Waals surface area contributed by atoms with Gasteiger partial charge in [0.1, 0.15) is 5.82 Å². The first-order valence-electron chi connectivity index (χ1n) is 6.06. The van der Waals surface area contributed by atoms with Crippen LogP contribution in [0.1, 0.15) is 17.3 Å². The summed E-state index contributed by atoms with van der Waals surface area (Å²) >= 11 is 5.78. The van der Waals surface area contributed by atoms with Crippen molar-refractivity contribution in [2.75, 3.05) is 17.2 Å². The summed E-state index contributed by atoms with van der Waals surface area (Å²) in [7, 11) is 0. The number of pyridine rings is 1. The van der Waals surface area contributed by atoms with Gasteiger partial charge in [-0.05, 0) is 31.2 Å². The molecular weight excluding hydrogens is 281 g/mol. The number of anilines is 2. The number of halogens is 2. The van der Waals surface area contributed by atoms with Gasteiger partial charge in [-0.3, -0.25) is 9.78 Å². The maximum atomic E-state index is 13.6. The van der Waals surface area contributed by atoms with Gasteiger partial charge in [-0.1, -0.05) is 11.6 Å². The van der Waals surface area contributed by atoms with Crippen molar-refractivity contribution in [3.63, 3.8) is 0 Å². The minimum absolute atomic E-state index is 0.0359. The largest absolute Gasteiger partial charge is 0.385 e. The van der Waals surface area contributed by atoms with Gasteiger partial charge in [0.05, 0.1) is 16.9 Å². The summed E-state index contributed by atoms with van der Waals surface area (Å²) in [5.41, 5.74) is 1.02. The Balaban J connectivity index is 2.26. The molecule has 2 aromatic rings. The van der Waals surface area contributed by atoms with Crippen molar-refractivity contribution >= 4 is 28.9 Å². The lowest BCUT2D eigenvalue weighted by Crippen LogP contribution is -2.16. The molecule has 20 heavy (non-hydrogen) atoms. The van der Waals surface area contributed by atoms with Crippen LogP contribution in [-0.2, 0) is 0 Å². The lowest BCUT2D eigenvalue weighted by molar-refractivity contribution is 0.102. The monoisotopic (exact) mass is 293 g/mol. The minimum Gasteiger partial charge on any atom is -0.385 e. The van der Waals surface area contributed by atoms with Crippen molar-refractivity contribution in [2.24, 2.45) is 0 Å². The van der Waals surface area contributed by atoms with Gasteiger partial charge in [-0.25, -0.2) is 4.39 Å². The van der Waals surface area contributed by atoms with Gasteiger partial charge < -0.3 is 10.6 Å². The van der Waals surface area contributed by atoms with E-state index in [1.165, 1.54) is 24.4 Å². The fourth-order valence-electron chi connectivity index (χ4n) is 1.70. The van der Waals surface area contributed by atoms with Gasteiger partial charge in [0, 0.05) is 24.0 Å². The fourth-order valence-corrected chi connectivity index (χ4v) is 1.88. The Labute approximate surface area is 121 Å². The van der Waals surface area contributed by atoms with Gasteiger partial charge in [-0.2, -0.15) is 0 Å². The number of benzene rings is 1. The second kappa shape index (κ2) is 6.34. The second-order valence-corrected chi connectivity index (χ2v) is 4.47. The molecule has 0 aliphatic heterocycles. The molecule has 0 aliphatic carbocycles. The number of hydrogen-bond acceptors (Lipinski definition) is 3. The normalized spacial score (nSPS) is 10.2. The van der Waals surface area contributed by atoms with E-state index in [9.17, 15) is 9.18 Å². The van der Waals surface area contributed by atoms with Gasteiger partial charge in [-0.15, -0.1) is 0 Å². The highest BCUT2D eigenvalue weighted by Crippen LogP contribution is 2.21. The molecule has 6 heteroatoms. The SMILES string of the molecule is CCNc1ccncc1C(=O)Nc1cc(Cl)ccc1F. The van der Waals surface area contributed by atoms with Crippen LogP contribution in [-0.4, -0.2) is 17.4 Å². The van der Waals surface area contributed by atoms with Crippen LogP contribution < -0.4 is 10.6 Å². The molecule has 1 amide bonds. The summed E-state index contributed by atoms with van der Waals surface area (Å²) in [5, 5.41) is 5.88. The Morgan fingerprint density at radius 1 is 1.35 bits per heavy atom. The number of hydrogen-bond donors (Lipinski definition) is 2. The van der Waals surface area contributed by atoms with Crippen molar-refractivity contribution in [3.05, 3.63) is 53.1 Å². The Hall–Kier alpha value is -2.14. The van der Waals surface area contributed by atoms with E-state index in [1.807, 2.05) is 6.92 Å². The van der Waals surface area contributed by atoms with Gasteiger partial charge in [0.15, 0.2) is 0 Å². The molecule has 2 rings (SSSR count). The van der Waals surface area contributed by atoms with Crippen LogP contribution >= 0.6 is 11.6 Å². The number of amides is 1. The van der Waals surface area contributed by atoms with Crippen LogP contribution in [0, 0.1) is 5.82 Å². The Kier molecular flexibility index (Phi) is 4.53. The van der Waals surface area contributed by atoms with Crippen molar-refractivity contribution in [2.45, 2.75) is 6.92 Å². The molecule has 0 unspecified atom stereocenters. The van der Waals surface area contributed by atoms with Gasteiger partial charge >= 0.3 is 0 Å². The molecule has 0 aliphatic rings. The number of carbonyl (C=O) groups excluding carboxylic acids is 1. The zero-order valence-corrected chi connectivity index (χ0v) is 11.5. The third-order valence-electron chi connectivity index (χ3n) is 2.61. The van der Waals surface area contributed by atoms with Crippen molar-refractivity contribution in [1.29, 1.82) is 0 Å².